The predicted octanol–water partition coefficient (Wildman–Crippen LogP) is 5.15. The van der Waals surface area contributed by atoms with Gasteiger partial charge in [-0.05, 0) is 40.5 Å². The fourth-order valence-electron chi connectivity index (χ4n) is 2.34. The summed E-state index contributed by atoms with van der Waals surface area (Å²) in [6.45, 7) is 13.7. The minimum atomic E-state index is 0.207. The molecule has 0 fully saturated rings. The van der Waals surface area contributed by atoms with Gasteiger partial charge >= 0.3 is 0 Å². The lowest BCUT2D eigenvalue weighted by molar-refractivity contribution is 0.510. The zero-order valence-corrected chi connectivity index (χ0v) is 12.5. The highest BCUT2D eigenvalue weighted by Gasteiger charge is 2.23. The molecule has 1 aromatic carbocycles. The molecular formula is C17H25N. The molecule has 0 bridgehead atoms. The summed E-state index contributed by atoms with van der Waals surface area (Å²) >= 11 is 0. The topological polar surface area (TPSA) is 15.8 Å². The van der Waals surface area contributed by atoms with E-state index >= 15 is 0 Å². The second kappa shape index (κ2) is 4.15. The van der Waals surface area contributed by atoms with Gasteiger partial charge in [-0.25, -0.2) is 0 Å². The monoisotopic (exact) mass is 243 g/mol. The van der Waals surface area contributed by atoms with Crippen molar-refractivity contribution in [1.82, 2.24) is 4.98 Å². The van der Waals surface area contributed by atoms with Crippen LogP contribution in [0.15, 0.2) is 24.4 Å². The van der Waals surface area contributed by atoms with Crippen LogP contribution in [0.4, 0.5) is 0 Å². The van der Waals surface area contributed by atoms with Crippen LogP contribution in [0.2, 0.25) is 0 Å². The zero-order chi connectivity index (χ0) is 13.6. The maximum atomic E-state index is 3.41. The van der Waals surface area contributed by atoms with E-state index in [1.54, 1.807) is 0 Å². The second-order valence-electron chi connectivity index (χ2n) is 6.95. The summed E-state index contributed by atoms with van der Waals surface area (Å²) in [5.74, 6) is 0. The van der Waals surface area contributed by atoms with Crippen molar-refractivity contribution in [2.75, 3.05) is 0 Å². The normalized spacial score (nSPS) is 13.2. The molecule has 1 heterocycles. The molecule has 0 saturated carbocycles. The lowest BCUT2D eigenvalue weighted by atomic mass is 9.80. The Kier molecular flexibility index (Phi) is 3.04. The highest BCUT2D eigenvalue weighted by atomic mass is 14.7. The molecule has 0 atom stereocenters. The fraction of sp³-hybridized carbons (Fsp3) is 0.529. The molecule has 0 spiro atoms. The van der Waals surface area contributed by atoms with Crippen LogP contribution in [0.25, 0.3) is 10.9 Å². The number of hydrogen-bond donors (Lipinski definition) is 1. The highest BCUT2D eigenvalue weighted by molar-refractivity contribution is 5.85. The Balaban J connectivity index is 2.64. The Bertz CT molecular complexity index is 552. The van der Waals surface area contributed by atoms with E-state index in [1.807, 2.05) is 0 Å². The smallest absolute Gasteiger partial charge is 0.0457 e. The van der Waals surface area contributed by atoms with Crippen LogP contribution in [0.3, 0.4) is 0 Å². The van der Waals surface area contributed by atoms with E-state index in [9.17, 15) is 0 Å². The lowest BCUT2D eigenvalue weighted by Gasteiger charge is -2.23. The lowest BCUT2D eigenvalue weighted by Crippen LogP contribution is -2.15. The van der Waals surface area contributed by atoms with Gasteiger partial charge in [-0.15, -0.1) is 0 Å². The van der Waals surface area contributed by atoms with E-state index in [0.717, 1.165) is 6.42 Å². The molecule has 2 rings (SSSR count). The Morgan fingerprint density at radius 1 is 1.06 bits per heavy atom. The van der Waals surface area contributed by atoms with Gasteiger partial charge in [0.25, 0.3) is 0 Å². The van der Waals surface area contributed by atoms with Crippen molar-refractivity contribution in [3.63, 3.8) is 0 Å². The van der Waals surface area contributed by atoms with Crippen molar-refractivity contribution >= 4 is 10.9 Å². The van der Waals surface area contributed by atoms with Crippen molar-refractivity contribution in [1.29, 1.82) is 0 Å². The molecule has 0 saturated heterocycles. The third kappa shape index (κ3) is 2.19. The summed E-state index contributed by atoms with van der Waals surface area (Å²) in [5.41, 5.74) is 4.53. The third-order valence-corrected chi connectivity index (χ3v) is 4.16. The van der Waals surface area contributed by atoms with E-state index in [-0.39, 0.29) is 10.8 Å². The molecule has 0 aliphatic carbocycles. The number of aromatic nitrogens is 1. The van der Waals surface area contributed by atoms with E-state index in [0.29, 0.717) is 0 Å². The summed E-state index contributed by atoms with van der Waals surface area (Å²) in [4.78, 5) is 3.41. The Labute approximate surface area is 111 Å². The van der Waals surface area contributed by atoms with Gasteiger partial charge in [0.1, 0.15) is 0 Å². The number of fused-ring (bicyclic) bond motifs is 1. The van der Waals surface area contributed by atoms with Crippen LogP contribution < -0.4 is 0 Å². The maximum Gasteiger partial charge on any atom is 0.0457 e. The number of rotatable bonds is 2. The quantitative estimate of drug-likeness (QED) is 0.750. The zero-order valence-electron chi connectivity index (χ0n) is 12.5. The van der Waals surface area contributed by atoms with Crippen molar-refractivity contribution in [3.8, 4) is 0 Å². The molecular weight excluding hydrogens is 218 g/mol. The number of H-pyrrole nitrogens is 1. The van der Waals surface area contributed by atoms with Crippen molar-refractivity contribution in [2.45, 2.75) is 58.8 Å². The van der Waals surface area contributed by atoms with Gasteiger partial charge in [0.05, 0.1) is 0 Å². The molecule has 1 aromatic heterocycles. The minimum Gasteiger partial charge on any atom is -0.361 e. The van der Waals surface area contributed by atoms with E-state index < -0.39 is 0 Å². The number of aromatic amines is 1. The van der Waals surface area contributed by atoms with Crippen LogP contribution >= 0.6 is 0 Å². The first-order valence-electron chi connectivity index (χ1n) is 6.88. The average molecular weight is 243 g/mol. The Morgan fingerprint density at radius 2 is 1.72 bits per heavy atom. The summed E-state index contributed by atoms with van der Waals surface area (Å²) in [6, 6.07) is 6.81. The number of nitrogens with one attached hydrogen (secondary N) is 1. The first kappa shape index (κ1) is 13.2. The van der Waals surface area contributed by atoms with Crippen molar-refractivity contribution in [2.24, 2.45) is 0 Å². The molecule has 18 heavy (non-hydrogen) atoms. The van der Waals surface area contributed by atoms with Gasteiger partial charge in [-0.1, -0.05) is 47.6 Å². The first-order chi connectivity index (χ1) is 8.25. The molecule has 0 radical (unpaired) electrons. The van der Waals surface area contributed by atoms with E-state index in [4.69, 9.17) is 0 Å². The van der Waals surface area contributed by atoms with Gasteiger partial charge in [0, 0.05) is 17.1 Å². The summed E-state index contributed by atoms with van der Waals surface area (Å²) < 4.78 is 0. The van der Waals surface area contributed by atoms with Gasteiger partial charge in [0.2, 0.25) is 0 Å². The van der Waals surface area contributed by atoms with Crippen molar-refractivity contribution < 1.29 is 0 Å². The van der Waals surface area contributed by atoms with Gasteiger partial charge < -0.3 is 4.98 Å². The number of benzene rings is 1. The Hall–Kier alpha value is -1.24. The molecule has 0 aliphatic heterocycles. The molecule has 98 valence electrons. The molecule has 1 heteroatoms. The molecule has 2 aromatic rings. The van der Waals surface area contributed by atoms with Crippen LogP contribution in [-0.4, -0.2) is 4.98 Å². The second-order valence-corrected chi connectivity index (χ2v) is 6.95. The SMILES string of the molecule is CCC(C)(C)c1c[nH]c2ccc(C(C)(C)C)cc12. The van der Waals surface area contributed by atoms with Crippen LogP contribution in [0.5, 0.6) is 0 Å². The van der Waals surface area contributed by atoms with Gasteiger partial charge in [0.15, 0.2) is 0 Å². The molecule has 0 amide bonds. The highest BCUT2D eigenvalue weighted by Crippen LogP contribution is 2.35. The number of hydrogen-bond acceptors (Lipinski definition) is 0. The molecule has 1 nitrogen and oxygen atoms in total. The van der Waals surface area contributed by atoms with Crippen molar-refractivity contribution in [3.05, 3.63) is 35.5 Å². The van der Waals surface area contributed by atoms with E-state index in [2.05, 4.69) is 70.9 Å². The fourth-order valence-corrected chi connectivity index (χ4v) is 2.34. The predicted molar refractivity (Wildman–Crippen MR) is 80.3 cm³/mol. The standard InChI is InChI=1S/C17H25N/c1-7-17(5,6)14-11-18-15-9-8-12(10-13(14)15)16(2,3)4/h8-11,18H,7H2,1-6H3. The molecule has 0 unspecified atom stereocenters. The first-order valence-corrected chi connectivity index (χ1v) is 6.88. The summed E-state index contributed by atoms with van der Waals surface area (Å²) in [5, 5.41) is 1.38. The summed E-state index contributed by atoms with van der Waals surface area (Å²) in [7, 11) is 0. The van der Waals surface area contributed by atoms with Crippen LogP contribution in [-0.2, 0) is 10.8 Å². The van der Waals surface area contributed by atoms with Gasteiger partial charge in [-0.2, -0.15) is 0 Å². The molecule has 0 aliphatic rings. The van der Waals surface area contributed by atoms with Gasteiger partial charge in [-0.3, -0.25) is 0 Å². The average Bonchev–Trinajstić information content (AvgIpc) is 2.71. The van der Waals surface area contributed by atoms with Crippen LogP contribution in [0, 0.1) is 0 Å². The maximum absolute atomic E-state index is 3.41. The largest absolute Gasteiger partial charge is 0.361 e. The minimum absolute atomic E-state index is 0.207. The Morgan fingerprint density at radius 3 is 2.28 bits per heavy atom. The molecule has 1 N–H and O–H groups in total. The third-order valence-electron chi connectivity index (χ3n) is 4.16. The summed E-state index contributed by atoms with van der Waals surface area (Å²) in [6.07, 6.45) is 3.33. The van der Waals surface area contributed by atoms with Crippen LogP contribution in [0.1, 0.15) is 59.1 Å². The van der Waals surface area contributed by atoms with E-state index in [1.165, 1.54) is 22.0 Å².